The molecule has 1 aromatic heterocycles. The van der Waals surface area contributed by atoms with Gasteiger partial charge in [-0.3, -0.25) is 0 Å². The summed E-state index contributed by atoms with van der Waals surface area (Å²) in [5, 5.41) is 0. The second-order valence-corrected chi connectivity index (χ2v) is 4.36. The van der Waals surface area contributed by atoms with E-state index in [1.54, 1.807) is 0 Å². The summed E-state index contributed by atoms with van der Waals surface area (Å²) in [6.07, 6.45) is 0.918. The first-order valence-corrected chi connectivity index (χ1v) is 6.37. The minimum absolute atomic E-state index is 0.632. The molecule has 0 spiro atoms. The topological polar surface area (TPSA) is 31.9 Å². The first kappa shape index (κ1) is 12.6. The van der Waals surface area contributed by atoms with Gasteiger partial charge < -0.3 is 9.88 Å². The molecule has 84 valence electrons. The average molecular weight is 290 g/mol. The van der Waals surface area contributed by atoms with E-state index in [0.29, 0.717) is 4.64 Å². The van der Waals surface area contributed by atoms with Crippen LogP contribution in [-0.4, -0.2) is 23.1 Å². The molecule has 0 radical (unpaired) electrons. The van der Waals surface area contributed by atoms with Crippen molar-refractivity contribution in [3.8, 4) is 0 Å². The fourth-order valence-electron chi connectivity index (χ4n) is 1.41. The van der Waals surface area contributed by atoms with E-state index in [9.17, 15) is 0 Å². The Morgan fingerprint density at radius 1 is 1.33 bits per heavy atom. The monoisotopic (exact) mass is 289 g/mol. The molecule has 0 amide bonds. The van der Waals surface area contributed by atoms with Crippen molar-refractivity contribution in [3.05, 3.63) is 14.8 Å². The van der Waals surface area contributed by atoms with Crippen molar-refractivity contribution in [2.45, 2.75) is 27.2 Å². The van der Waals surface area contributed by atoms with Crippen LogP contribution in [0.3, 0.4) is 0 Å². The number of H-pyrrole nitrogens is 1. The summed E-state index contributed by atoms with van der Waals surface area (Å²) in [4.78, 5) is 9.82. The van der Waals surface area contributed by atoms with E-state index >= 15 is 0 Å². The predicted octanol–water partition coefficient (Wildman–Crippen LogP) is 3.31. The van der Waals surface area contributed by atoms with Crippen LogP contribution >= 0.6 is 28.1 Å². The maximum atomic E-state index is 5.20. The molecule has 0 fully saturated rings. The molecule has 5 heteroatoms. The molecule has 3 nitrogen and oxygen atoms in total. The van der Waals surface area contributed by atoms with E-state index in [1.807, 2.05) is 0 Å². The lowest BCUT2D eigenvalue weighted by molar-refractivity contribution is 0.805. The molecule has 1 rings (SSSR count). The summed E-state index contributed by atoms with van der Waals surface area (Å²) >= 11 is 8.66. The van der Waals surface area contributed by atoms with Crippen molar-refractivity contribution in [2.75, 3.05) is 18.0 Å². The quantitative estimate of drug-likeness (QED) is 0.863. The Labute approximate surface area is 104 Å². The Morgan fingerprint density at radius 3 is 2.40 bits per heavy atom. The van der Waals surface area contributed by atoms with Crippen molar-refractivity contribution in [2.24, 2.45) is 0 Å². The second kappa shape index (κ2) is 5.61. The summed E-state index contributed by atoms with van der Waals surface area (Å²) in [6, 6.07) is 0. The molecule has 0 saturated carbocycles. The van der Waals surface area contributed by atoms with Gasteiger partial charge in [-0.05, 0) is 36.2 Å². The maximum absolute atomic E-state index is 5.20. The molecule has 1 heterocycles. The minimum atomic E-state index is 0.632. The lowest BCUT2D eigenvalue weighted by Gasteiger charge is -2.20. The van der Waals surface area contributed by atoms with Crippen molar-refractivity contribution < 1.29 is 0 Å². The van der Waals surface area contributed by atoms with E-state index < -0.39 is 0 Å². The van der Waals surface area contributed by atoms with Gasteiger partial charge in [-0.2, -0.15) is 0 Å². The van der Waals surface area contributed by atoms with E-state index in [-0.39, 0.29) is 0 Å². The molecule has 0 aromatic carbocycles. The first-order chi connectivity index (χ1) is 7.13. The Morgan fingerprint density at radius 2 is 1.93 bits per heavy atom. The number of halogens is 1. The fourth-order valence-corrected chi connectivity index (χ4v) is 2.09. The van der Waals surface area contributed by atoms with Crippen molar-refractivity contribution in [1.29, 1.82) is 0 Å². The Hall–Kier alpha value is -0.420. The lowest BCUT2D eigenvalue weighted by Crippen LogP contribution is -2.24. The highest BCUT2D eigenvalue weighted by atomic mass is 79.9. The van der Waals surface area contributed by atoms with Gasteiger partial charge >= 0.3 is 0 Å². The number of aromatic amines is 1. The molecule has 15 heavy (non-hydrogen) atoms. The molecule has 1 aromatic rings. The first-order valence-electron chi connectivity index (χ1n) is 5.17. The maximum Gasteiger partial charge on any atom is 0.204 e. The van der Waals surface area contributed by atoms with E-state index in [0.717, 1.165) is 35.6 Å². The molecule has 0 aliphatic rings. The highest BCUT2D eigenvalue weighted by Gasteiger charge is 2.08. The largest absolute Gasteiger partial charge is 0.343 e. The third kappa shape index (κ3) is 2.78. The number of nitrogens with one attached hydrogen (secondary N) is 1. The van der Waals surface area contributed by atoms with Crippen LogP contribution in [0.5, 0.6) is 0 Å². The van der Waals surface area contributed by atoms with Gasteiger partial charge in [0.05, 0.1) is 4.47 Å². The van der Waals surface area contributed by atoms with Crippen LogP contribution in [0.25, 0.3) is 0 Å². The summed E-state index contributed by atoms with van der Waals surface area (Å²) < 4.78 is 1.54. The summed E-state index contributed by atoms with van der Waals surface area (Å²) in [7, 11) is 0. The highest BCUT2D eigenvalue weighted by molar-refractivity contribution is 9.10. The van der Waals surface area contributed by atoms with Crippen molar-refractivity contribution in [1.82, 2.24) is 9.97 Å². The second-order valence-electron chi connectivity index (χ2n) is 3.18. The summed E-state index contributed by atoms with van der Waals surface area (Å²) in [5.41, 5.74) is 1.11. The van der Waals surface area contributed by atoms with Gasteiger partial charge in [0.1, 0.15) is 4.64 Å². The normalized spacial score (nSPS) is 10.4. The number of nitrogens with zero attached hydrogens (tertiary/aromatic N) is 2. The third-order valence-corrected chi connectivity index (χ3v) is 3.75. The predicted molar refractivity (Wildman–Crippen MR) is 70.1 cm³/mol. The zero-order valence-electron chi connectivity index (χ0n) is 9.30. The third-order valence-electron chi connectivity index (χ3n) is 2.34. The van der Waals surface area contributed by atoms with Crippen LogP contribution in [0.1, 0.15) is 26.5 Å². The number of hydrogen-bond acceptors (Lipinski definition) is 3. The molecule has 0 atom stereocenters. The lowest BCUT2D eigenvalue weighted by atomic mass is 10.3. The highest BCUT2D eigenvalue weighted by Crippen LogP contribution is 2.19. The van der Waals surface area contributed by atoms with Gasteiger partial charge in [0, 0.05) is 18.8 Å². The van der Waals surface area contributed by atoms with Crippen molar-refractivity contribution in [3.63, 3.8) is 0 Å². The standard InChI is InChI=1S/C10H16BrN3S/c1-4-7-8(11)9(15)13-10(12-7)14(5-2)6-3/h4-6H2,1-3H3,(H,12,13,15). The van der Waals surface area contributed by atoms with Crippen LogP contribution in [0.2, 0.25) is 0 Å². The number of aromatic nitrogens is 2. The molecular weight excluding hydrogens is 274 g/mol. The van der Waals surface area contributed by atoms with Crippen LogP contribution in [-0.2, 0) is 6.42 Å². The smallest absolute Gasteiger partial charge is 0.204 e. The Bertz CT molecular complexity index is 385. The molecule has 0 unspecified atom stereocenters. The molecule has 0 aliphatic carbocycles. The van der Waals surface area contributed by atoms with Gasteiger partial charge in [-0.25, -0.2) is 4.98 Å². The summed E-state index contributed by atoms with van der Waals surface area (Å²) in [5.74, 6) is 0.866. The number of aryl methyl sites for hydroxylation is 1. The van der Waals surface area contributed by atoms with Crippen LogP contribution in [0.4, 0.5) is 5.95 Å². The fraction of sp³-hybridized carbons (Fsp3) is 0.600. The zero-order chi connectivity index (χ0) is 11.4. The van der Waals surface area contributed by atoms with Crippen LogP contribution in [0, 0.1) is 4.64 Å². The number of rotatable bonds is 4. The molecule has 0 saturated heterocycles. The molecule has 1 N–H and O–H groups in total. The Kier molecular flexibility index (Phi) is 4.73. The van der Waals surface area contributed by atoms with E-state index in [4.69, 9.17) is 12.2 Å². The SMILES string of the molecule is CCc1[nH]c(N(CC)CC)nc(=S)c1Br. The van der Waals surface area contributed by atoms with E-state index in [2.05, 4.69) is 51.6 Å². The van der Waals surface area contributed by atoms with Crippen molar-refractivity contribution >= 4 is 34.1 Å². The zero-order valence-corrected chi connectivity index (χ0v) is 11.7. The minimum Gasteiger partial charge on any atom is -0.343 e. The van der Waals surface area contributed by atoms with Gasteiger partial charge in [0.25, 0.3) is 0 Å². The van der Waals surface area contributed by atoms with E-state index in [1.165, 1.54) is 0 Å². The average Bonchev–Trinajstić information content (AvgIpc) is 2.24. The number of anilines is 1. The van der Waals surface area contributed by atoms with Gasteiger partial charge in [-0.1, -0.05) is 19.1 Å². The number of hydrogen-bond donors (Lipinski definition) is 1. The van der Waals surface area contributed by atoms with Gasteiger partial charge in [0.2, 0.25) is 5.95 Å². The van der Waals surface area contributed by atoms with Crippen LogP contribution in [0.15, 0.2) is 4.47 Å². The molecule has 0 aliphatic heterocycles. The molecule has 0 bridgehead atoms. The van der Waals surface area contributed by atoms with Gasteiger partial charge in [-0.15, -0.1) is 0 Å². The van der Waals surface area contributed by atoms with Gasteiger partial charge in [0.15, 0.2) is 0 Å². The summed E-state index contributed by atoms with van der Waals surface area (Å²) in [6.45, 7) is 8.17. The van der Waals surface area contributed by atoms with Crippen LogP contribution < -0.4 is 4.90 Å². The Balaban J connectivity index is 3.21. The molecular formula is C10H16BrN3S.